The van der Waals surface area contributed by atoms with Gasteiger partial charge in [-0.1, -0.05) is 44.2 Å². The Hall–Kier alpha value is -2.04. The highest BCUT2D eigenvalue weighted by Gasteiger charge is 2.02. The molecule has 3 N–H and O–H groups in total. The second-order valence-corrected chi connectivity index (χ2v) is 5.56. The zero-order valence-corrected chi connectivity index (χ0v) is 13.9. The predicted molar refractivity (Wildman–Crippen MR) is 92.0 cm³/mol. The fraction of sp³-hybridized carbons (Fsp3) is 0.529. The largest absolute Gasteiger partial charge is 0.357 e. The van der Waals surface area contributed by atoms with Gasteiger partial charge in [0, 0.05) is 19.6 Å². The third-order valence-corrected chi connectivity index (χ3v) is 2.98. The molecule has 0 aliphatic heterocycles. The molecule has 1 aromatic carbocycles. The van der Waals surface area contributed by atoms with Crippen molar-refractivity contribution in [2.75, 3.05) is 26.2 Å². The molecular formula is C17H28N4O. The quantitative estimate of drug-likeness (QED) is 0.504. The predicted octanol–water partition coefficient (Wildman–Crippen LogP) is 1.56. The summed E-state index contributed by atoms with van der Waals surface area (Å²) < 4.78 is 0. The lowest BCUT2D eigenvalue weighted by molar-refractivity contribution is -0.119. The summed E-state index contributed by atoms with van der Waals surface area (Å²) >= 11 is 0. The van der Waals surface area contributed by atoms with Crippen molar-refractivity contribution in [1.82, 2.24) is 16.0 Å². The van der Waals surface area contributed by atoms with Crippen LogP contribution >= 0.6 is 0 Å². The average molecular weight is 304 g/mol. The summed E-state index contributed by atoms with van der Waals surface area (Å²) in [6.07, 6.45) is 0.835. The lowest BCUT2D eigenvalue weighted by atomic mass is 10.1. The lowest BCUT2D eigenvalue weighted by Crippen LogP contribution is -2.40. The Balaban J connectivity index is 2.30. The van der Waals surface area contributed by atoms with Crippen molar-refractivity contribution in [1.29, 1.82) is 0 Å². The van der Waals surface area contributed by atoms with Crippen LogP contribution in [0.25, 0.3) is 0 Å². The lowest BCUT2D eigenvalue weighted by Gasteiger charge is -2.12. The Kier molecular flexibility index (Phi) is 8.72. The molecule has 0 aliphatic rings. The first-order chi connectivity index (χ1) is 10.6. The summed E-state index contributed by atoms with van der Waals surface area (Å²) in [4.78, 5) is 16.1. The number of aliphatic imine (C=N–C) groups is 1. The van der Waals surface area contributed by atoms with Crippen LogP contribution in [0.15, 0.2) is 35.3 Å². The van der Waals surface area contributed by atoms with Crippen LogP contribution in [0.4, 0.5) is 0 Å². The summed E-state index contributed by atoms with van der Waals surface area (Å²) in [6.45, 7) is 8.66. The molecular weight excluding hydrogens is 276 g/mol. The van der Waals surface area contributed by atoms with Crippen LogP contribution in [0.2, 0.25) is 0 Å². The van der Waals surface area contributed by atoms with E-state index in [2.05, 4.69) is 46.9 Å². The van der Waals surface area contributed by atoms with E-state index in [1.54, 1.807) is 0 Å². The van der Waals surface area contributed by atoms with Crippen LogP contribution in [0.5, 0.6) is 0 Å². The molecule has 1 amide bonds. The van der Waals surface area contributed by atoms with Crippen molar-refractivity contribution in [2.24, 2.45) is 10.9 Å². The van der Waals surface area contributed by atoms with Gasteiger partial charge in [0.15, 0.2) is 5.96 Å². The standard InChI is InChI=1S/C17H28N4O/c1-4-18-17(20-12-14(2)3)21-13-16(22)19-11-10-15-8-6-5-7-9-15/h5-9,14H,4,10-13H2,1-3H3,(H,19,22)(H2,18,20,21). The monoisotopic (exact) mass is 304 g/mol. The highest BCUT2D eigenvalue weighted by atomic mass is 16.1. The van der Waals surface area contributed by atoms with E-state index in [0.717, 1.165) is 19.5 Å². The number of benzene rings is 1. The van der Waals surface area contributed by atoms with Gasteiger partial charge < -0.3 is 16.0 Å². The number of nitrogens with zero attached hydrogens (tertiary/aromatic N) is 1. The van der Waals surface area contributed by atoms with Gasteiger partial charge in [0.2, 0.25) is 5.91 Å². The third-order valence-electron chi connectivity index (χ3n) is 2.98. The fourth-order valence-electron chi connectivity index (χ4n) is 1.84. The van der Waals surface area contributed by atoms with Gasteiger partial charge >= 0.3 is 0 Å². The van der Waals surface area contributed by atoms with Gasteiger partial charge in [-0.3, -0.25) is 4.79 Å². The minimum atomic E-state index is -0.0577. The Bertz CT molecular complexity index is 457. The molecule has 122 valence electrons. The van der Waals surface area contributed by atoms with E-state index >= 15 is 0 Å². The second-order valence-electron chi connectivity index (χ2n) is 5.56. The topological polar surface area (TPSA) is 65.5 Å². The van der Waals surface area contributed by atoms with E-state index < -0.39 is 0 Å². The molecule has 0 heterocycles. The van der Waals surface area contributed by atoms with Gasteiger partial charge in [0.1, 0.15) is 6.54 Å². The molecule has 0 aliphatic carbocycles. The van der Waals surface area contributed by atoms with Gasteiger partial charge in [-0.2, -0.15) is 0 Å². The van der Waals surface area contributed by atoms with Crippen LogP contribution in [0, 0.1) is 5.92 Å². The molecule has 0 saturated carbocycles. The van der Waals surface area contributed by atoms with Crippen molar-refractivity contribution < 1.29 is 4.79 Å². The zero-order valence-electron chi connectivity index (χ0n) is 13.9. The third kappa shape index (κ3) is 8.29. The minimum absolute atomic E-state index is 0.0577. The highest BCUT2D eigenvalue weighted by molar-refractivity contribution is 5.84. The van der Waals surface area contributed by atoms with E-state index in [1.807, 2.05) is 25.1 Å². The molecule has 0 atom stereocenters. The number of carbonyl (C=O) groups is 1. The highest BCUT2D eigenvalue weighted by Crippen LogP contribution is 1.97. The number of carbonyl (C=O) groups excluding carboxylic acids is 1. The Labute approximate surface area is 133 Å². The summed E-state index contributed by atoms with van der Waals surface area (Å²) in [5.74, 6) is 1.16. The summed E-state index contributed by atoms with van der Waals surface area (Å²) in [5.41, 5.74) is 1.22. The summed E-state index contributed by atoms with van der Waals surface area (Å²) in [6, 6.07) is 10.1. The van der Waals surface area contributed by atoms with Crippen LogP contribution in [0.3, 0.4) is 0 Å². The van der Waals surface area contributed by atoms with E-state index in [-0.39, 0.29) is 12.5 Å². The number of nitrogens with one attached hydrogen (secondary N) is 3. The molecule has 1 aromatic rings. The number of hydrogen-bond acceptors (Lipinski definition) is 2. The van der Waals surface area contributed by atoms with Crippen molar-refractivity contribution in [2.45, 2.75) is 27.2 Å². The van der Waals surface area contributed by atoms with Crippen molar-refractivity contribution in [3.8, 4) is 0 Å². The number of rotatable bonds is 8. The summed E-state index contributed by atoms with van der Waals surface area (Å²) in [5, 5.41) is 9.24. The Morgan fingerprint density at radius 2 is 1.86 bits per heavy atom. The molecule has 0 spiro atoms. The normalized spacial score (nSPS) is 11.4. The molecule has 5 heteroatoms. The van der Waals surface area contributed by atoms with Gasteiger partial charge in [0.05, 0.1) is 0 Å². The van der Waals surface area contributed by atoms with Crippen LogP contribution < -0.4 is 16.0 Å². The average Bonchev–Trinajstić information content (AvgIpc) is 2.51. The molecule has 0 unspecified atom stereocenters. The van der Waals surface area contributed by atoms with Crippen LogP contribution in [-0.4, -0.2) is 38.0 Å². The zero-order chi connectivity index (χ0) is 16.2. The Morgan fingerprint density at radius 1 is 1.14 bits per heavy atom. The maximum absolute atomic E-state index is 11.8. The molecule has 0 radical (unpaired) electrons. The molecule has 1 rings (SSSR count). The van der Waals surface area contributed by atoms with Crippen LogP contribution in [0.1, 0.15) is 26.3 Å². The first-order valence-corrected chi connectivity index (χ1v) is 7.94. The van der Waals surface area contributed by atoms with E-state index in [4.69, 9.17) is 0 Å². The molecule has 0 saturated heterocycles. The Morgan fingerprint density at radius 3 is 2.50 bits per heavy atom. The van der Waals surface area contributed by atoms with Crippen molar-refractivity contribution in [3.63, 3.8) is 0 Å². The van der Waals surface area contributed by atoms with Gasteiger partial charge in [-0.15, -0.1) is 0 Å². The first kappa shape index (κ1) is 18.0. The van der Waals surface area contributed by atoms with E-state index in [9.17, 15) is 4.79 Å². The van der Waals surface area contributed by atoms with Gasteiger partial charge in [-0.05, 0) is 24.8 Å². The SMILES string of the molecule is CCNC(=NCC(=O)NCCc1ccccc1)NCC(C)C. The maximum Gasteiger partial charge on any atom is 0.241 e. The minimum Gasteiger partial charge on any atom is -0.357 e. The fourth-order valence-corrected chi connectivity index (χ4v) is 1.84. The summed E-state index contributed by atoms with van der Waals surface area (Å²) in [7, 11) is 0. The van der Waals surface area contributed by atoms with Crippen LogP contribution in [-0.2, 0) is 11.2 Å². The molecule has 0 fully saturated rings. The molecule has 5 nitrogen and oxygen atoms in total. The molecule has 0 bridgehead atoms. The van der Waals surface area contributed by atoms with E-state index in [1.165, 1.54) is 5.56 Å². The van der Waals surface area contributed by atoms with Gasteiger partial charge in [-0.25, -0.2) is 4.99 Å². The van der Waals surface area contributed by atoms with Crippen molar-refractivity contribution in [3.05, 3.63) is 35.9 Å². The number of guanidine groups is 1. The molecule has 22 heavy (non-hydrogen) atoms. The second kappa shape index (κ2) is 10.7. The smallest absolute Gasteiger partial charge is 0.241 e. The van der Waals surface area contributed by atoms with Gasteiger partial charge in [0.25, 0.3) is 0 Å². The first-order valence-electron chi connectivity index (χ1n) is 7.94. The number of hydrogen-bond donors (Lipinski definition) is 3. The maximum atomic E-state index is 11.8. The molecule has 0 aromatic heterocycles. The van der Waals surface area contributed by atoms with Crippen molar-refractivity contribution >= 4 is 11.9 Å². The number of amides is 1. The van der Waals surface area contributed by atoms with E-state index in [0.29, 0.717) is 18.4 Å².